The molecule has 0 rings (SSSR count). The van der Waals surface area contributed by atoms with Crippen LogP contribution in [0.15, 0.2) is 0 Å². The van der Waals surface area contributed by atoms with Crippen molar-refractivity contribution >= 4 is 5.97 Å². The normalized spacial score (nSPS) is 7.33. The zero-order valence-corrected chi connectivity index (χ0v) is 21.1. The molecule has 4 heteroatoms. The minimum atomic E-state index is -0.662. The molecule has 176 valence electrons. The highest BCUT2D eigenvalue weighted by Gasteiger charge is 2.19. The summed E-state index contributed by atoms with van der Waals surface area (Å²) < 4.78 is 11.5. The number of nitrogens with zero attached hydrogens (tertiary/aromatic N) is 1. The van der Waals surface area contributed by atoms with Gasteiger partial charge in [0.2, 0.25) is 0 Å². The molecule has 0 aliphatic rings. The molecule has 0 atom stereocenters. The first kappa shape index (κ1) is 31.0. The third kappa shape index (κ3) is 18.6. The molecule has 0 spiro atoms. The standard InChI is InChI=1S/C32H26NO3/c1-5-9-10-11-12-13-14-15-16-17-18-19-20-21-22-23-24-25-26-27-32(34)36-31-30-35-29-28-33(6-2,7-3)8-4/h6-8,28-31H2,1-4H3/q+1. The Bertz CT molecular complexity index is 1370. The van der Waals surface area contributed by atoms with E-state index in [4.69, 9.17) is 9.47 Å². The van der Waals surface area contributed by atoms with Gasteiger partial charge in [-0.3, -0.25) is 0 Å². The van der Waals surface area contributed by atoms with E-state index in [0.717, 1.165) is 30.7 Å². The van der Waals surface area contributed by atoms with Crippen molar-refractivity contribution in [1.29, 1.82) is 0 Å². The minimum absolute atomic E-state index is 0.150. The molecule has 4 nitrogen and oxygen atoms in total. The number of rotatable bonds is 9. The second-order valence-corrected chi connectivity index (χ2v) is 6.39. The molecule has 0 aliphatic carbocycles. The Hall–Kier alpha value is -5.01. The summed E-state index contributed by atoms with van der Waals surface area (Å²) in [4.78, 5) is 11.5. The summed E-state index contributed by atoms with van der Waals surface area (Å²) in [6, 6.07) is 0. The molecule has 0 radical (unpaired) electrons. The van der Waals surface area contributed by atoms with Gasteiger partial charge in [0.15, 0.2) is 0 Å². The van der Waals surface area contributed by atoms with Crippen LogP contribution in [0.25, 0.3) is 0 Å². The van der Waals surface area contributed by atoms with E-state index >= 15 is 0 Å². The van der Waals surface area contributed by atoms with E-state index < -0.39 is 5.97 Å². The number of hydrogen-bond acceptors (Lipinski definition) is 3. The molecule has 0 bridgehead atoms. The van der Waals surface area contributed by atoms with Crippen molar-refractivity contribution in [3.05, 3.63) is 0 Å². The van der Waals surface area contributed by atoms with E-state index in [0.29, 0.717) is 13.2 Å². The lowest BCUT2D eigenvalue weighted by Crippen LogP contribution is -2.49. The second-order valence-electron chi connectivity index (χ2n) is 6.39. The van der Waals surface area contributed by atoms with Gasteiger partial charge in [0.1, 0.15) is 13.2 Å². The Labute approximate surface area is 216 Å². The maximum absolute atomic E-state index is 11.5. The fourth-order valence-electron chi connectivity index (χ4n) is 2.38. The van der Waals surface area contributed by atoms with Gasteiger partial charge in [0.05, 0.1) is 32.8 Å². The van der Waals surface area contributed by atoms with Crippen LogP contribution in [0.5, 0.6) is 0 Å². The molecule has 0 unspecified atom stereocenters. The zero-order chi connectivity index (χ0) is 26.6. The van der Waals surface area contributed by atoms with Gasteiger partial charge in [-0.15, -0.1) is 0 Å². The largest absolute Gasteiger partial charge is 0.454 e. The van der Waals surface area contributed by atoms with Gasteiger partial charge < -0.3 is 14.0 Å². The smallest absolute Gasteiger partial charge is 0.385 e. The molecule has 0 aromatic heterocycles. The van der Waals surface area contributed by atoms with Crippen molar-refractivity contribution in [2.75, 3.05) is 46.0 Å². The summed E-state index contributed by atoms with van der Waals surface area (Å²) >= 11 is 0. The maximum Gasteiger partial charge on any atom is 0.385 e. The molecule has 0 aromatic carbocycles. The fraction of sp³-hybridized carbons (Fsp3) is 0.344. The third-order valence-electron chi connectivity index (χ3n) is 4.54. The summed E-state index contributed by atoms with van der Waals surface area (Å²) in [5.41, 5.74) is 0. The van der Waals surface area contributed by atoms with Crippen molar-refractivity contribution in [3.63, 3.8) is 0 Å². The number of quaternary nitrogens is 1. The molecule has 0 heterocycles. The van der Waals surface area contributed by atoms with Gasteiger partial charge in [-0.2, -0.15) is 0 Å². The first-order valence-electron chi connectivity index (χ1n) is 11.2. The number of ether oxygens (including phenoxy) is 2. The van der Waals surface area contributed by atoms with Crippen LogP contribution in [0, 0.1) is 118 Å². The molecular weight excluding hydrogens is 446 g/mol. The maximum atomic E-state index is 11.5. The highest BCUT2D eigenvalue weighted by molar-refractivity contribution is 5.89. The molecule has 0 aliphatic heterocycles. The van der Waals surface area contributed by atoms with Gasteiger partial charge in [-0.1, -0.05) is 5.92 Å². The van der Waals surface area contributed by atoms with Crippen molar-refractivity contribution in [2.24, 2.45) is 0 Å². The van der Waals surface area contributed by atoms with Gasteiger partial charge in [0.25, 0.3) is 0 Å². The Kier molecular flexibility index (Phi) is 19.9. The van der Waals surface area contributed by atoms with Crippen LogP contribution in [0.1, 0.15) is 27.7 Å². The Morgan fingerprint density at radius 1 is 0.556 bits per heavy atom. The summed E-state index contributed by atoms with van der Waals surface area (Å²) in [5, 5.41) is 0. The summed E-state index contributed by atoms with van der Waals surface area (Å²) in [6.07, 6.45) is 0. The number of likely N-dealkylation sites (N-methyl/N-ethyl adjacent to an activating group) is 1. The van der Waals surface area contributed by atoms with Crippen LogP contribution in [0.4, 0.5) is 0 Å². The summed E-state index contributed by atoms with van der Waals surface area (Å²) in [7, 11) is 0. The van der Waals surface area contributed by atoms with Crippen molar-refractivity contribution in [3.8, 4) is 118 Å². The lowest BCUT2D eigenvalue weighted by Gasteiger charge is -2.35. The highest BCUT2D eigenvalue weighted by Crippen LogP contribution is 2.04. The molecule has 0 saturated heterocycles. The van der Waals surface area contributed by atoms with Crippen LogP contribution < -0.4 is 0 Å². The van der Waals surface area contributed by atoms with Crippen LogP contribution in [-0.2, 0) is 14.3 Å². The molecule has 0 saturated carbocycles. The highest BCUT2D eigenvalue weighted by atomic mass is 16.6. The van der Waals surface area contributed by atoms with Crippen molar-refractivity contribution in [1.82, 2.24) is 0 Å². The SMILES string of the molecule is CC#CC#CC#CC#CC#CC#CC#CC#CC#CC#CC(=O)OCCOCC[N+](CC)(CC)CC. The molecule has 0 fully saturated rings. The zero-order valence-electron chi connectivity index (χ0n) is 21.1. The Balaban J connectivity index is 4.25. The van der Waals surface area contributed by atoms with Crippen LogP contribution in [0.2, 0.25) is 0 Å². The summed E-state index contributed by atoms with van der Waals surface area (Å²) in [5.74, 6) is 49.1. The first-order valence-corrected chi connectivity index (χ1v) is 11.2. The molecule has 36 heavy (non-hydrogen) atoms. The first-order chi connectivity index (χ1) is 17.6. The number of esters is 1. The second kappa shape index (κ2) is 23.2. The predicted octanol–water partition coefficient (Wildman–Crippen LogP) is 1.48. The quantitative estimate of drug-likeness (QED) is 0.168. The lowest BCUT2D eigenvalue weighted by molar-refractivity contribution is -0.923. The molecule has 0 N–H and O–H groups in total. The number of carbonyl (C=O) groups is 1. The van der Waals surface area contributed by atoms with E-state index in [1.807, 2.05) is 0 Å². The lowest BCUT2D eigenvalue weighted by atomic mass is 10.3. The number of carbonyl (C=O) groups excluding carboxylic acids is 1. The van der Waals surface area contributed by atoms with E-state index in [1.54, 1.807) is 6.92 Å². The Morgan fingerprint density at radius 3 is 1.33 bits per heavy atom. The van der Waals surface area contributed by atoms with Crippen LogP contribution in [-0.4, -0.2) is 56.5 Å². The Morgan fingerprint density at radius 2 is 0.944 bits per heavy atom. The molecular formula is C32H26NO3+. The molecule has 0 aromatic rings. The average molecular weight is 473 g/mol. The van der Waals surface area contributed by atoms with E-state index in [2.05, 4.69) is 139 Å². The predicted molar refractivity (Wildman–Crippen MR) is 142 cm³/mol. The third-order valence-corrected chi connectivity index (χ3v) is 4.54. The van der Waals surface area contributed by atoms with Crippen LogP contribution in [0.3, 0.4) is 0 Å². The summed E-state index contributed by atoms with van der Waals surface area (Å²) in [6.45, 7) is 13.5. The monoisotopic (exact) mass is 472 g/mol. The molecule has 0 amide bonds. The van der Waals surface area contributed by atoms with Gasteiger partial charge >= 0.3 is 5.97 Å². The van der Waals surface area contributed by atoms with Gasteiger partial charge in [0, 0.05) is 17.8 Å². The van der Waals surface area contributed by atoms with Crippen molar-refractivity contribution < 1.29 is 18.8 Å². The van der Waals surface area contributed by atoms with Crippen LogP contribution >= 0.6 is 0 Å². The average Bonchev–Trinajstić information content (AvgIpc) is 2.90. The minimum Gasteiger partial charge on any atom is -0.454 e. The fourth-order valence-corrected chi connectivity index (χ4v) is 2.38. The topological polar surface area (TPSA) is 35.5 Å². The van der Waals surface area contributed by atoms with Crippen molar-refractivity contribution in [2.45, 2.75) is 27.7 Å². The van der Waals surface area contributed by atoms with E-state index in [-0.39, 0.29) is 6.61 Å². The van der Waals surface area contributed by atoms with E-state index in [1.165, 1.54) is 0 Å². The van der Waals surface area contributed by atoms with Gasteiger partial charge in [-0.05, 0) is 122 Å². The number of hydrogen-bond donors (Lipinski definition) is 0. The van der Waals surface area contributed by atoms with E-state index in [9.17, 15) is 4.79 Å². The van der Waals surface area contributed by atoms with Gasteiger partial charge in [-0.25, -0.2) is 4.79 Å².